The zero-order valence-electron chi connectivity index (χ0n) is 21.0. The largest absolute Gasteiger partial charge is 0.483 e. The molecule has 4 rings (SSSR count). The lowest BCUT2D eigenvalue weighted by atomic mass is 9.96. The Bertz CT molecular complexity index is 1150. The number of anilines is 1. The van der Waals surface area contributed by atoms with Crippen molar-refractivity contribution in [3.63, 3.8) is 0 Å². The molecule has 0 aromatic heterocycles. The molecule has 1 aliphatic heterocycles. The zero-order chi connectivity index (χ0) is 25.0. The average molecular weight is 500 g/mol. The molecule has 35 heavy (non-hydrogen) atoms. The fraction of sp³-hybridized carbons (Fsp3) is 0.519. The number of nitrogens with zero attached hydrogens (tertiary/aromatic N) is 2. The van der Waals surface area contributed by atoms with Gasteiger partial charge in [0.25, 0.3) is 5.91 Å². The third-order valence-corrected chi connectivity index (χ3v) is 8.80. The lowest BCUT2D eigenvalue weighted by molar-refractivity contribution is -0.133. The number of sulfonamides is 1. The van der Waals surface area contributed by atoms with Crippen LogP contribution in [0.1, 0.15) is 48.8 Å². The van der Waals surface area contributed by atoms with Crippen LogP contribution in [0.2, 0.25) is 0 Å². The minimum atomic E-state index is -3.57. The number of rotatable bonds is 7. The molecule has 2 aliphatic rings. The van der Waals surface area contributed by atoms with Gasteiger partial charge in [-0.2, -0.15) is 0 Å². The van der Waals surface area contributed by atoms with Gasteiger partial charge in [0.2, 0.25) is 10.0 Å². The molecule has 0 atom stereocenters. The molecule has 0 spiro atoms. The number of piperazine rings is 1. The maximum atomic E-state index is 12.8. The quantitative estimate of drug-likeness (QED) is 0.624. The van der Waals surface area contributed by atoms with E-state index in [2.05, 4.69) is 41.7 Å². The number of carbonyl (C=O) groups is 1. The Labute approximate surface area is 209 Å². The third-order valence-electron chi connectivity index (χ3n) is 7.28. The molecule has 190 valence electrons. The Morgan fingerprint density at radius 1 is 0.971 bits per heavy atom. The van der Waals surface area contributed by atoms with Crippen molar-refractivity contribution < 1.29 is 17.9 Å². The monoisotopic (exact) mass is 499 g/mol. The van der Waals surface area contributed by atoms with Crippen LogP contribution >= 0.6 is 0 Å². The van der Waals surface area contributed by atoms with Crippen LogP contribution in [0.15, 0.2) is 41.3 Å². The summed E-state index contributed by atoms with van der Waals surface area (Å²) >= 11 is 0. The Kier molecular flexibility index (Phi) is 8.02. The maximum Gasteiger partial charge on any atom is 0.260 e. The van der Waals surface area contributed by atoms with Gasteiger partial charge in [0.1, 0.15) is 5.75 Å². The number of hydrogen-bond donors (Lipinski definition) is 1. The molecule has 1 aliphatic carbocycles. The van der Waals surface area contributed by atoms with Gasteiger partial charge in [-0.05, 0) is 74.6 Å². The Morgan fingerprint density at radius 3 is 2.37 bits per heavy atom. The van der Waals surface area contributed by atoms with Gasteiger partial charge in [-0.3, -0.25) is 4.79 Å². The molecule has 1 N–H and O–H groups in total. The average Bonchev–Trinajstić information content (AvgIpc) is 2.85. The van der Waals surface area contributed by atoms with E-state index in [1.54, 1.807) is 18.2 Å². The number of aryl methyl sites for hydroxylation is 2. The molecule has 2 aromatic carbocycles. The number of nitrogens with one attached hydrogen (secondary N) is 1. The van der Waals surface area contributed by atoms with Crippen molar-refractivity contribution in [2.24, 2.45) is 0 Å². The maximum absolute atomic E-state index is 12.8. The lowest BCUT2D eigenvalue weighted by Crippen LogP contribution is -2.50. The summed E-state index contributed by atoms with van der Waals surface area (Å²) in [6.07, 6.45) is 5.08. The van der Waals surface area contributed by atoms with Gasteiger partial charge < -0.3 is 14.5 Å². The van der Waals surface area contributed by atoms with E-state index >= 15 is 0 Å². The molecule has 1 heterocycles. The highest BCUT2D eigenvalue weighted by molar-refractivity contribution is 7.89. The summed E-state index contributed by atoms with van der Waals surface area (Å²) in [4.78, 5) is 17.2. The van der Waals surface area contributed by atoms with Gasteiger partial charge in [-0.1, -0.05) is 31.4 Å². The SMILES string of the molecule is Cc1cc(S(=O)(=O)NC2CCCCC2)ccc1OCC(=O)N1CCN(c2cccc(C)c2C)CC1. The highest BCUT2D eigenvalue weighted by Crippen LogP contribution is 2.25. The summed E-state index contributed by atoms with van der Waals surface area (Å²) in [5.74, 6) is 0.477. The van der Waals surface area contributed by atoms with Crippen LogP contribution in [-0.4, -0.2) is 58.1 Å². The van der Waals surface area contributed by atoms with Crippen LogP contribution in [0.5, 0.6) is 5.75 Å². The van der Waals surface area contributed by atoms with Gasteiger partial charge in [0.15, 0.2) is 6.61 Å². The molecule has 0 unspecified atom stereocenters. The van der Waals surface area contributed by atoms with Gasteiger partial charge in [-0.25, -0.2) is 13.1 Å². The summed E-state index contributed by atoms with van der Waals surface area (Å²) in [5, 5.41) is 0. The molecule has 1 saturated heterocycles. The van der Waals surface area contributed by atoms with Crippen molar-refractivity contribution in [1.29, 1.82) is 0 Å². The van der Waals surface area contributed by atoms with Crippen LogP contribution in [-0.2, 0) is 14.8 Å². The van der Waals surface area contributed by atoms with Crippen molar-refractivity contribution in [1.82, 2.24) is 9.62 Å². The predicted octanol–water partition coefficient (Wildman–Crippen LogP) is 3.95. The van der Waals surface area contributed by atoms with Gasteiger partial charge >= 0.3 is 0 Å². The molecule has 0 bridgehead atoms. The van der Waals surface area contributed by atoms with Crippen LogP contribution in [0, 0.1) is 20.8 Å². The molecule has 7 nitrogen and oxygen atoms in total. The number of carbonyl (C=O) groups excluding carboxylic acids is 1. The first-order valence-electron chi connectivity index (χ1n) is 12.6. The summed E-state index contributed by atoms with van der Waals surface area (Å²) in [6.45, 7) is 8.88. The summed E-state index contributed by atoms with van der Waals surface area (Å²) in [7, 11) is -3.57. The van der Waals surface area contributed by atoms with Crippen LogP contribution < -0.4 is 14.4 Å². The Morgan fingerprint density at radius 2 is 1.69 bits per heavy atom. The van der Waals surface area contributed by atoms with E-state index < -0.39 is 10.0 Å². The van der Waals surface area contributed by atoms with E-state index in [9.17, 15) is 13.2 Å². The lowest BCUT2D eigenvalue weighted by Gasteiger charge is -2.37. The second-order valence-corrected chi connectivity index (χ2v) is 11.5. The number of amides is 1. The van der Waals surface area contributed by atoms with E-state index in [1.165, 1.54) is 23.2 Å². The summed E-state index contributed by atoms with van der Waals surface area (Å²) in [6, 6.07) is 11.2. The van der Waals surface area contributed by atoms with Crippen LogP contribution in [0.3, 0.4) is 0 Å². The topological polar surface area (TPSA) is 78.9 Å². The minimum Gasteiger partial charge on any atom is -0.483 e. The molecule has 2 fully saturated rings. The second-order valence-electron chi connectivity index (χ2n) is 9.76. The van der Waals surface area contributed by atoms with Crippen LogP contribution in [0.4, 0.5) is 5.69 Å². The van der Waals surface area contributed by atoms with Gasteiger partial charge in [0.05, 0.1) is 4.90 Å². The first kappa shape index (κ1) is 25.5. The molecular weight excluding hydrogens is 462 g/mol. The highest BCUT2D eigenvalue weighted by Gasteiger charge is 2.24. The molecule has 0 radical (unpaired) electrons. The normalized spacial score (nSPS) is 17.5. The number of hydrogen-bond acceptors (Lipinski definition) is 5. The first-order chi connectivity index (χ1) is 16.7. The predicted molar refractivity (Wildman–Crippen MR) is 139 cm³/mol. The second kappa shape index (κ2) is 11.0. The molecular formula is C27H37N3O4S. The van der Waals surface area contributed by atoms with Gasteiger partial charge in [-0.15, -0.1) is 0 Å². The molecule has 1 amide bonds. The smallest absolute Gasteiger partial charge is 0.260 e. The van der Waals surface area contributed by atoms with E-state index in [-0.39, 0.29) is 23.5 Å². The van der Waals surface area contributed by atoms with E-state index in [1.807, 2.05) is 11.8 Å². The first-order valence-corrected chi connectivity index (χ1v) is 14.1. The highest BCUT2D eigenvalue weighted by atomic mass is 32.2. The van der Waals surface area contributed by atoms with E-state index in [0.717, 1.165) is 38.8 Å². The number of ether oxygens (including phenoxy) is 1. The van der Waals surface area contributed by atoms with Crippen molar-refractivity contribution >= 4 is 21.6 Å². The molecule has 1 saturated carbocycles. The Balaban J connectivity index is 1.30. The van der Waals surface area contributed by atoms with Gasteiger partial charge in [0, 0.05) is 37.9 Å². The van der Waals surface area contributed by atoms with Crippen molar-refractivity contribution in [2.45, 2.75) is 63.8 Å². The fourth-order valence-corrected chi connectivity index (χ4v) is 6.35. The molecule has 8 heteroatoms. The molecule has 2 aromatic rings. The zero-order valence-corrected chi connectivity index (χ0v) is 21.9. The summed E-state index contributed by atoms with van der Waals surface area (Å²) < 4.78 is 34.2. The minimum absolute atomic E-state index is 0.0119. The van der Waals surface area contributed by atoms with Crippen molar-refractivity contribution in [3.8, 4) is 5.75 Å². The Hall–Kier alpha value is -2.58. The van der Waals surface area contributed by atoms with Crippen molar-refractivity contribution in [2.75, 3.05) is 37.7 Å². The standard InChI is InChI=1S/C27H37N3O4S/c1-20-8-7-11-25(22(20)3)29-14-16-30(17-15-29)27(31)19-34-26-13-12-24(18-21(26)2)35(32,33)28-23-9-5-4-6-10-23/h7-8,11-13,18,23,28H,4-6,9-10,14-17,19H2,1-3H3. The fourth-order valence-electron chi connectivity index (χ4n) is 4.96. The summed E-state index contributed by atoms with van der Waals surface area (Å²) in [5.41, 5.74) is 4.49. The van der Waals surface area contributed by atoms with E-state index in [4.69, 9.17) is 4.74 Å². The van der Waals surface area contributed by atoms with Crippen molar-refractivity contribution in [3.05, 3.63) is 53.1 Å². The number of benzene rings is 2. The van der Waals surface area contributed by atoms with E-state index in [0.29, 0.717) is 24.4 Å². The third kappa shape index (κ3) is 6.16. The van der Waals surface area contributed by atoms with Crippen LogP contribution in [0.25, 0.3) is 0 Å².